The van der Waals surface area contributed by atoms with Crippen molar-refractivity contribution in [2.45, 2.75) is 26.7 Å². The SMILES string of the molecule is Cc1cccc(C(C)C)c1Nc1ccc(C#N)cc1Cl. The first-order valence-corrected chi connectivity index (χ1v) is 6.97. The molecular formula is C17H17ClN2. The van der Waals surface area contributed by atoms with Crippen molar-refractivity contribution < 1.29 is 0 Å². The maximum atomic E-state index is 8.87. The molecule has 0 radical (unpaired) electrons. The van der Waals surface area contributed by atoms with E-state index in [2.05, 4.69) is 50.4 Å². The third-order valence-electron chi connectivity index (χ3n) is 3.28. The van der Waals surface area contributed by atoms with E-state index in [-0.39, 0.29) is 0 Å². The molecule has 0 aromatic heterocycles. The monoisotopic (exact) mass is 284 g/mol. The molecule has 20 heavy (non-hydrogen) atoms. The van der Waals surface area contributed by atoms with E-state index in [1.54, 1.807) is 12.1 Å². The largest absolute Gasteiger partial charge is 0.354 e. The van der Waals surface area contributed by atoms with Crippen LogP contribution in [0.4, 0.5) is 11.4 Å². The molecule has 3 heteroatoms. The van der Waals surface area contributed by atoms with Gasteiger partial charge >= 0.3 is 0 Å². The van der Waals surface area contributed by atoms with Crippen molar-refractivity contribution in [2.75, 3.05) is 5.32 Å². The molecule has 0 aliphatic carbocycles. The van der Waals surface area contributed by atoms with Crippen molar-refractivity contribution in [3.63, 3.8) is 0 Å². The van der Waals surface area contributed by atoms with Gasteiger partial charge in [-0.3, -0.25) is 0 Å². The van der Waals surface area contributed by atoms with Crippen LogP contribution in [0.25, 0.3) is 0 Å². The molecule has 0 saturated heterocycles. The summed E-state index contributed by atoms with van der Waals surface area (Å²) in [6.45, 7) is 6.41. The third kappa shape index (κ3) is 2.95. The molecule has 0 bridgehead atoms. The number of hydrogen-bond donors (Lipinski definition) is 1. The zero-order valence-corrected chi connectivity index (χ0v) is 12.6. The Morgan fingerprint density at radius 2 is 1.95 bits per heavy atom. The smallest absolute Gasteiger partial charge is 0.0992 e. The fourth-order valence-electron chi connectivity index (χ4n) is 2.16. The number of hydrogen-bond acceptors (Lipinski definition) is 2. The van der Waals surface area contributed by atoms with E-state index in [4.69, 9.17) is 16.9 Å². The summed E-state index contributed by atoms with van der Waals surface area (Å²) in [7, 11) is 0. The lowest BCUT2D eigenvalue weighted by Crippen LogP contribution is -2.00. The van der Waals surface area contributed by atoms with Crippen LogP contribution in [0.1, 0.15) is 36.5 Å². The topological polar surface area (TPSA) is 35.8 Å². The van der Waals surface area contributed by atoms with Gasteiger partial charge in [-0.15, -0.1) is 0 Å². The molecule has 0 unspecified atom stereocenters. The lowest BCUT2D eigenvalue weighted by Gasteiger charge is -2.18. The van der Waals surface area contributed by atoms with Crippen LogP contribution in [-0.2, 0) is 0 Å². The minimum atomic E-state index is 0.426. The maximum absolute atomic E-state index is 8.87. The number of nitrogens with one attached hydrogen (secondary N) is 1. The quantitative estimate of drug-likeness (QED) is 0.820. The molecule has 0 atom stereocenters. The van der Waals surface area contributed by atoms with Crippen LogP contribution in [0.3, 0.4) is 0 Å². The first-order chi connectivity index (χ1) is 9.52. The Bertz CT molecular complexity index is 669. The second-order valence-electron chi connectivity index (χ2n) is 5.13. The summed E-state index contributed by atoms with van der Waals surface area (Å²) >= 11 is 6.23. The van der Waals surface area contributed by atoms with Gasteiger partial charge in [-0.2, -0.15) is 5.26 Å². The molecule has 0 heterocycles. The molecule has 0 spiro atoms. The summed E-state index contributed by atoms with van der Waals surface area (Å²) in [6, 6.07) is 13.6. The van der Waals surface area contributed by atoms with Crippen molar-refractivity contribution in [1.82, 2.24) is 0 Å². The van der Waals surface area contributed by atoms with E-state index >= 15 is 0 Å². The highest BCUT2D eigenvalue weighted by Gasteiger charge is 2.11. The number of nitrogens with zero attached hydrogens (tertiary/aromatic N) is 1. The van der Waals surface area contributed by atoms with Gasteiger partial charge in [0.25, 0.3) is 0 Å². The summed E-state index contributed by atoms with van der Waals surface area (Å²) in [4.78, 5) is 0. The first-order valence-electron chi connectivity index (χ1n) is 6.59. The van der Waals surface area contributed by atoms with E-state index < -0.39 is 0 Å². The molecule has 0 aliphatic rings. The van der Waals surface area contributed by atoms with Crippen LogP contribution in [0.2, 0.25) is 5.02 Å². The normalized spacial score (nSPS) is 10.4. The minimum Gasteiger partial charge on any atom is -0.354 e. The Balaban J connectivity index is 2.43. The van der Waals surface area contributed by atoms with Gasteiger partial charge in [-0.25, -0.2) is 0 Å². The van der Waals surface area contributed by atoms with Crippen molar-refractivity contribution in [3.05, 3.63) is 58.1 Å². The number of aryl methyl sites for hydroxylation is 1. The van der Waals surface area contributed by atoms with Crippen LogP contribution >= 0.6 is 11.6 Å². The Kier molecular flexibility index (Phi) is 4.32. The summed E-state index contributed by atoms with van der Waals surface area (Å²) in [5.74, 6) is 0.426. The van der Waals surface area contributed by atoms with Crippen LogP contribution < -0.4 is 5.32 Å². The number of halogens is 1. The molecule has 2 rings (SSSR count). The molecule has 2 aromatic carbocycles. The number of benzene rings is 2. The van der Waals surface area contributed by atoms with E-state index in [1.807, 2.05) is 6.07 Å². The van der Waals surface area contributed by atoms with Gasteiger partial charge in [-0.1, -0.05) is 43.6 Å². The van der Waals surface area contributed by atoms with Gasteiger partial charge in [0.15, 0.2) is 0 Å². The molecule has 0 saturated carbocycles. The van der Waals surface area contributed by atoms with Crippen molar-refractivity contribution >= 4 is 23.0 Å². The zero-order chi connectivity index (χ0) is 14.7. The molecule has 0 fully saturated rings. The Hall–Kier alpha value is -1.98. The highest BCUT2D eigenvalue weighted by Crippen LogP contribution is 2.33. The first kappa shape index (κ1) is 14.4. The zero-order valence-electron chi connectivity index (χ0n) is 11.9. The summed E-state index contributed by atoms with van der Waals surface area (Å²) < 4.78 is 0. The van der Waals surface area contributed by atoms with Crippen molar-refractivity contribution in [2.24, 2.45) is 0 Å². The van der Waals surface area contributed by atoms with E-state index in [1.165, 1.54) is 11.1 Å². The maximum Gasteiger partial charge on any atom is 0.0992 e. The Morgan fingerprint density at radius 1 is 1.20 bits per heavy atom. The van der Waals surface area contributed by atoms with Crippen LogP contribution in [0, 0.1) is 18.3 Å². The van der Waals surface area contributed by atoms with Gasteiger partial charge in [0.1, 0.15) is 0 Å². The Labute approximate surface area is 125 Å². The summed E-state index contributed by atoms with van der Waals surface area (Å²) in [6.07, 6.45) is 0. The average Bonchev–Trinajstić information content (AvgIpc) is 2.42. The van der Waals surface area contributed by atoms with Gasteiger partial charge < -0.3 is 5.32 Å². The number of rotatable bonds is 3. The number of nitriles is 1. The van der Waals surface area contributed by atoms with Crippen LogP contribution in [0.15, 0.2) is 36.4 Å². The second-order valence-corrected chi connectivity index (χ2v) is 5.53. The third-order valence-corrected chi connectivity index (χ3v) is 3.60. The summed E-state index contributed by atoms with van der Waals surface area (Å²) in [5.41, 5.74) is 4.91. The molecule has 1 N–H and O–H groups in total. The van der Waals surface area contributed by atoms with Crippen molar-refractivity contribution in [1.29, 1.82) is 5.26 Å². The highest BCUT2D eigenvalue weighted by atomic mass is 35.5. The second kappa shape index (κ2) is 5.98. The standard InChI is InChI=1S/C17H17ClN2/c1-11(2)14-6-4-5-12(3)17(14)20-16-8-7-13(10-19)9-15(16)18/h4-9,11,20H,1-3H3. The van der Waals surface area contributed by atoms with E-state index in [0.29, 0.717) is 16.5 Å². The Morgan fingerprint density at radius 3 is 2.55 bits per heavy atom. The predicted octanol–water partition coefficient (Wildman–Crippen LogP) is 5.39. The molecule has 2 aromatic rings. The number of para-hydroxylation sites is 1. The fourth-order valence-corrected chi connectivity index (χ4v) is 2.39. The number of anilines is 2. The van der Waals surface area contributed by atoms with Gasteiger partial charge in [0.05, 0.1) is 22.3 Å². The fraction of sp³-hybridized carbons (Fsp3) is 0.235. The van der Waals surface area contributed by atoms with E-state index in [9.17, 15) is 0 Å². The van der Waals surface area contributed by atoms with Crippen LogP contribution in [-0.4, -0.2) is 0 Å². The summed E-state index contributed by atoms with van der Waals surface area (Å²) in [5, 5.41) is 12.8. The van der Waals surface area contributed by atoms with Gasteiger partial charge in [0.2, 0.25) is 0 Å². The van der Waals surface area contributed by atoms with Crippen molar-refractivity contribution in [3.8, 4) is 6.07 Å². The lowest BCUT2D eigenvalue weighted by atomic mass is 9.98. The molecule has 0 amide bonds. The van der Waals surface area contributed by atoms with Gasteiger partial charge in [0, 0.05) is 5.69 Å². The molecule has 0 aliphatic heterocycles. The van der Waals surface area contributed by atoms with E-state index in [0.717, 1.165) is 11.4 Å². The highest BCUT2D eigenvalue weighted by molar-refractivity contribution is 6.33. The lowest BCUT2D eigenvalue weighted by molar-refractivity contribution is 0.867. The van der Waals surface area contributed by atoms with Crippen LogP contribution in [0.5, 0.6) is 0 Å². The molecule has 102 valence electrons. The minimum absolute atomic E-state index is 0.426. The molecular weight excluding hydrogens is 268 g/mol. The molecule has 2 nitrogen and oxygen atoms in total. The average molecular weight is 285 g/mol. The predicted molar refractivity (Wildman–Crippen MR) is 84.7 cm³/mol. The van der Waals surface area contributed by atoms with Gasteiger partial charge in [-0.05, 0) is 42.2 Å².